The number of nitriles is 1. The van der Waals surface area contributed by atoms with E-state index in [1.807, 2.05) is 11.4 Å². The van der Waals surface area contributed by atoms with Crippen LogP contribution in [0.3, 0.4) is 0 Å². The standard InChI is InChI=1S/C12H9FN2S/c13-10-4-1-3-9(7-10)12-15-11(8-16-12)5-2-6-14/h1,3-4,7-8H,2,5H2. The largest absolute Gasteiger partial charge is 0.241 e. The monoisotopic (exact) mass is 232 g/mol. The van der Waals surface area contributed by atoms with Crippen LogP contribution < -0.4 is 0 Å². The predicted octanol–water partition coefficient (Wildman–Crippen LogP) is 3.41. The molecule has 0 aliphatic rings. The van der Waals surface area contributed by atoms with Crippen molar-refractivity contribution in [3.63, 3.8) is 0 Å². The zero-order chi connectivity index (χ0) is 11.4. The molecule has 0 radical (unpaired) electrons. The molecule has 0 bridgehead atoms. The lowest BCUT2D eigenvalue weighted by Crippen LogP contribution is -1.84. The SMILES string of the molecule is N#CCCc1csc(-c2cccc(F)c2)n1. The van der Waals surface area contributed by atoms with Crippen molar-refractivity contribution in [3.8, 4) is 16.6 Å². The molecular weight excluding hydrogens is 223 g/mol. The quantitative estimate of drug-likeness (QED) is 0.813. The normalized spacial score (nSPS) is 10.0. The van der Waals surface area contributed by atoms with Crippen molar-refractivity contribution in [2.75, 3.05) is 0 Å². The van der Waals surface area contributed by atoms with Crippen LogP contribution >= 0.6 is 11.3 Å². The van der Waals surface area contributed by atoms with Crippen molar-refractivity contribution in [3.05, 3.63) is 41.2 Å². The number of rotatable bonds is 3. The van der Waals surface area contributed by atoms with Gasteiger partial charge in [-0.05, 0) is 12.1 Å². The van der Waals surface area contributed by atoms with Crippen LogP contribution in [0.25, 0.3) is 10.6 Å². The molecule has 0 fully saturated rings. The maximum absolute atomic E-state index is 13.0. The summed E-state index contributed by atoms with van der Waals surface area (Å²) >= 11 is 1.47. The van der Waals surface area contributed by atoms with Crippen molar-refractivity contribution in [1.82, 2.24) is 4.98 Å². The van der Waals surface area contributed by atoms with Gasteiger partial charge in [0.2, 0.25) is 0 Å². The first-order valence-electron chi connectivity index (χ1n) is 4.87. The number of hydrogen-bond donors (Lipinski definition) is 0. The Balaban J connectivity index is 2.22. The molecule has 2 nitrogen and oxygen atoms in total. The van der Waals surface area contributed by atoms with E-state index < -0.39 is 0 Å². The van der Waals surface area contributed by atoms with Gasteiger partial charge in [0.25, 0.3) is 0 Å². The number of aryl methyl sites for hydroxylation is 1. The summed E-state index contributed by atoms with van der Waals surface area (Å²) in [5, 5.41) is 11.2. The smallest absolute Gasteiger partial charge is 0.123 e. The van der Waals surface area contributed by atoms with Crippen LogP contribution in [-0.2, 0) is 6.42 Å². The highest BCUT2D eigenvalue weighted by molar-refractivity contribution is 7.13. The van der Waals surface area contributed by atoms with E-state index in [0.717, 1.165) is 16.3 Å². The molecular formula is C12H9FN2S. The summed E-state index contributed by atoms with van der Waals surface area (Å²) in [5.74, 6) is -0.258. The summed E-state index contributed by atoms with van der Waals surface area (Å²) in [5.41, 5.74) is 1.68. The van der Waals surface area contributed by atoms with E-state index in [0.29, 0.717) is 12.8 Å². The van der Waals surface area contributed by atoms with E-state index in [2.05, 4.69) is 11.1 Å². The molecule has 0 atom stereocenters. The molecule has 16 heavy (non-hydrogen) atoms. The lowest BCUT2D eigenvalue weighted by atomic mass is 10.2. The van der Waals surface area contributed by atoms with E-state index in [1.54, 1.807) is 6.07 Å². The molecule has 1 aromatic carbocycles. The Bertz CT molecular complexity index is 528. The number of nitrogens with zero attached hydrogens (tertiary/aromatic N) is 2. The second kappa shape index (κ2) is 4.86. The first-order valence-corrected chi connectivity index (χ1v) is 5.75. The summed E-state index contributed by atoms with van der Waals surface area (Å²) in [6, 6.07) is 8.45. The van der Waals surface area contributed by atoms with Gasteiger partial charge in [-0.1, -0.05) is 12.1 Å². The van der Waals surface area contributed by atoms with Gasteiger partial charge in [-0.2, -0.15) is 5.26 Å². The Morgan fingerprint density at radius 3 is 3.06 bits per heavy atom. The van der Waals surface area contributed by atoms with Crippen molar-refractivity contribution < 1.29 is 4.39 Å². The average Bonchev–Trinajstić information content (AvgIpc) is 2.75. The van der Waals surface area contributed by atoms with Gasteiger partial charge < -0.3 is 0 Å². The van der Waals surface area contributed by atoms with Gasteiger partial charge in [-0.25, -0.2) is 9.37 Å². The topological polar surface area (TPSA) is 36.7 Å². The van der Waals surface area contributed by atoms with Crippen LogP contribution in [0.4, 0.5) is 4.39 Å². The molecule has 4 heteroatoms. The van der Waals surface area contributed by atoms with E-state index in [-0.39, 0.29) is 5.82 Å². The number of halogens is 1. The van der Waals surface area contributed by atoms with Gasteiger partial charge in [0, 0.05) is 23.8 Å². The first kappa shape index (κ1) is 10.8. The van der Waals surface area contributed by atoms with Crippen LogP contribution in [-0.4, -0.2) is 4.98 Å². The lowest BCUT2D eigenvalue weighted by molar-refractivity contribution is 0.628. The highest BCUT2D eigenvalue weighted by Crippen LogP contribution is 2.24. The van der Waals surface area contributed by atoms with Crippen molar-refractivity contribution in [1.29, 1.82) is 5.26 Å². The van der Waals surface area contributed by atoms with E-state index in [9.17, 15) is 4.39 Å². The maximum atomic E-state index is 13.0. The van der Waals surface area contributed by atoms with Gasteiger partial charge in [0.05, 0.1) is 11.8 Å². The number of hydrogen-bond acceptors (Lipinski definition) is 3. The van der Waals surface area contributed by atoms with Crippen LogP contribution in [0.5, 0.6) is 0 Å². The molecule has 0 aliphatic carbocycles. The minimum atomic E-state index is -0.258. The van der Waals surface area contributed by atoms with Gasteiger partial charge in [0.15, 0.2) is 0 Å². The molecule has 2 aromatic rings. The average molecular weight is 232 g/mol. The first-order chi connectivity index (χ1) is 7.79. The van der Waals surface area contributed by atoms with Crippen LogP contribution in [0.15, 0.2) is 29.6 Å². The molecule has 0 spiro atoms. The highest BCUT2D eigenvalue weighted by Gasteiger charge is 2.05. The number of aromatic nitrogens is 1. The van der Waals surface area contributed by atoms with Gasteiger partial charge in [0.1, 0.15) is 10.8 Å². The summed E-state index contributed by atoms with van der Waals surface area (Å²) in [6.07, 6.45) is 1.12. The molecule has 0 unspecified atom stereocenters. The van der Waals surface area contributed by atoms with Crippen molar-refractivity contribution >= 4 is 11.3 Å². The van der Waals surface area contributed by atoms with Crippen LogP contribution in [0.2, 0.25) is 0 Å². The second-order valence-electron chi connectivity index (χ2n) is 3.31. The zero-order valence-electron chi connectivity index (χ0n) is 8.48. The number of benzene rings is 1. The Kier molecular flexibility index (Phi) is 3.28. The molecule has 1 heterocycles. The van der Waals surface area contributed by atoms with E-state index in [4.69, 9.17) is 5.26 Å². The van der Waals surface area contributed by atoms with Crippen LogP contribution in [0, 0.1) is 17.1 Å². The maximum Gasteiger partial charge on any atom is 0.123 e. The molecule has 0 saturated heterocycles. The van der Waals surface area contributed by atoms with Crippen molar-refractivity contribution in [2.24, 2.45) is 0 Å². The molecule has 1 aromatic heterocycles. The van der Waals surface area contributed by atoms with Gasteiger partial charge in [-0.15, -0.1) is 11.3 Å². The molecule has 2 rings (SSSR count). The Morgan fingerprint density at radius 1 is 1.44 bits per heavy atom. The van der Waals surface area contributed by atoms with E-state index in [1.165, 1.54) is 23.5 Å². The Labute approximate surface area is 97.0 Å². The minimum absolute atomic E-state index is 0.258. The fourth-order valence-electron chi connectivity index (χ4n) is 1.36. The van der Waals surface area contributed by atoms with Crippen molar-refractivity contribution in [2.45, 2.75) is 12.8 Å². The van der Waals surface area contributed by atoms with Gasteiger partial charge in [-0.3, -0.25) is 0 Å². The zero-order valence-corrected chi connectivity index (χ0v) is 9.30. The second-order valence-corrected chi connectivity index (χ2v) is 4.17. The summed E-state index contributed by atoms with van der Waals surface area (Å²) in [6.45, 7) is 0. The van der Waals surface area contributed by atoms with E-state index >= 15 is 0 Å². The highest BCUT2D eigenvalue weighted by atomic mass is 32.1. The third-order valence-electron chi connectivity index (χ3n) is 2.12. The fourth-order valence-corrected chi connectivity index (χ4v) is 2.21. The molecule has 0 aliphatic heterocycles. The molecule has 0 N–H and O–H groups in total. The predicted molar refractivity (Wildman–Crippen MR) is 61.4 cm³/mol. The Morgan fingerprint density at radius 2 is 2.31 bits per heavy atom. The molecule has 80 valence electrons. The Hall–Kier alpha value is -1.73. The summed E-state index contributed by atoms with van der Waals surface area (Å²) < 4.78 is 13.0. The minimum Gasteiger partial charge on any atom is -0.241 e. The third-order valence-corrected chi connectivity index (χ3v) is 3.06. The molecule has 0 saturated carbocycles. The third kappa shape index (κ3) is 2.44. The lowest BCUT2D eigenvalue weighted by Gasteiger charge is -1.95. The summed E-state index contributed by atoms with van der Waals surface area (Å²) in [4.78, 5) is 4.36. The van der Waals surface area contributed by atoms with Gasteiger partial charge >= 0.3 is 0 Å². The fraction of sp³-hybridized carbons (Fsp3) is 0.167. The van der Waals surface area contributed by atoms with Crippen LogP contribution in [0.1, 0.15) is 12.1 Å². The molecule has 0 amide bonds. The number of thiazole rings is 1. The summed E-state index contributed by atoms with van der Waals surface area (Å²) in [7, 11) is 0.